The number of hydrogen-bond acceptors (Lipinski definition) is 4. The summed E-state index contributed by atoms with van der Waals surface area (Å²) < 4.78 is 0. The molecule has 0 unspecified atom stereocenters. The molecule has 1 amide bonds. The summed E-state index contributed by atoms with van der Waals surface area (Å²) in [6.07, 6.45) is 5.87. The van der Waals surface area contributed by atoms with E-state index in [1.165, 1.54) is 37.3 Å². The van der Waals surface area contributed by atoms with Crippen LogP contribution in [-0.2, 0) is 0 Å². The van der Waals surface area contributed by atoms with Crippen molar-refractivity contribution in [1.82, 2.24) is 20.2 Å². The zero-order valence-corrected chi connectivity index (χ0v) is 12.5. The van der Waals surface area contributed by atoms with Crippen molar-refractivity contribution < 1.29 is 4.79 Å². The summed E-state index contributed by atoms with van der Waals surface area (Å²) in [6.45, 7) is 3.40. The maximum absolute atomic E-state index is 12.4. The van der Waals surface area contributed by atoms with Crippen LogP contribution in [0.25, 0.3) is 10.6 Å². The number of aromatic nitrogens is 2. The van der Waals surface area contributed by atoms with E-state index in [1.54, 1.807) is 12.5 Å². The highest BCUT2D eigenvalue weighted by atomic mass is 32.1. The molecule has 0 radical (unpaired) electrons. The molecule has 0 aliphatic carbocycles. The second-order valence-electron chi connectivity index (χ2n) is 5.85. The molecule has 3 fully saturated rings. The summed E-state index contributed by atoms with van der Waals surface area (Å²) in [4.78, 5) is 23.8. The molecule has 110 valence electrons. The highest BCUT2D eigenvalue weighted by Gasteiger charge is 2.35. The van der Waals surface area contributed by atoms with Gasteiger partial charge in [-0.3, -0.25) is 4.79 Å². The van der Waals surface area contributed by atoms with Crippen molar-refractivity contribution in [1.29, 1.82) is 0 Å². The highest BCUT2D eigenvalue weighted by Crippen LogP contribution is 2.29. The molecule has 3 aliphatic rings. The van der Waals surface area contributed by atoms with Gasteiger partial charge in [0.1, 0.15) is 0 Å². The number of rotatable bonds is 3. The fraction of sp³-hybridized carbons (Fsp3) is 0.467. The highest BCUT2D eigenvalue weighted by molar-refractivity contribution is 7.17. The van der Waals surface area contributed by atoms with Crippen molar-refractivity contribution >= 4 is 17.2 Å². The van der Waals surface area contributed by atoms with E-state index < -0.39 is 0 Å². The summed E-state index contributed by atoms with van der Waals surface area (Å²) in [7, 11) is 0. The predicted octanol–water partition coefficient (Wildman–Crippen LogP) is 1.96. The van der Waals surface area contributed by atoms with Crippen LogP contribution >= 0.6 is 11.3 Å². The zero-order valence-electron chi connectivity index (χ0n) is 11.7. The van der Waals surface area contributed by atoms with Gasteiger partial charge in [-0.2, -0.15) is 0 Å². The third-order valence-electron chi connectivity index (χ3n) is 4.57. The number of H-pyrrole nitrogens is 1. The number of thiophene rings is 1. The van der Waals surface area contributed by atoms with Gasteiger partial charge in [-0.1, -0.05) is 0 Å². The molecule has 2 N–H and O–H groups in total. The van der Waals surface area contributed by atoms with E-state index in [4.69, 9.17) is 0 Å². The van der Waals surface area contributed by atoms with Gasteiger partial charge in [0.15, 0.2) is 0 Å². The minimum Gasteiger partial charge on any atom is -0.347 e. The van der Waals surface area contributed by atoms with Crippen LogP contribution in [0, 0.1) is 5.92 Å². The average molecular weight is 302 g/mol. The van der Waals surface area contributed by atoms with Crippen molar-refractivity contribution in [3.63, 3.8) is 0 Å². The monoisotopic (exact) mass is 302 g/mol. The van der Waals surface area contributed by atoms with Gasteiger partial charge < -0.3 is 15.2 Å². The number of amides is 1. The number of nitrogens with zero attached hydrogens (tertiary/aromatic N) is 2. The van der Waals surface area contributed by atoms with E-state index in [0.717, 1.165) is 22.0 Å². The summed E-state index contributed by atoms with van der Waals surface area (Å²) in [5.41, 5.74) is 0.960. The van der Waals surface area contributed by atoms with Crippen molar-refractivity contribution in [3.05, 3.63) is 29.5 Å². The zero-order chi connectivity index (χ0) is 14.2. The number of imidazole rings is 1. The van der Waals surface area contributed by atoms with Crippen molar-refractivity contribution in [2.24, 2.45) is 5.92 Å². The van der Waals surface area contributed by atoms with E-state index in [-0.39, 0.29) is 5.91 Å². The fourth-order valence-corrected chi connectivity index (χ4v) is 4.25. The van der Waals surface area contributed by atoms with E-state index >= 15 is 0 Å². The quantitative estimate of drug-likeness (QED) is 0.911. The predicted molar refractivity (Wildman–Crippen MR) is 82.3 cm³/mol. The lowest BCUT2D eigenvalue weighted by Crippen LogP contribution is -2.57. The minimum absolute atomic E-state index is 0.0597. The standard InChI is InChI=1S/C15H18N4OS/c20-15(18-12-8-19-5-3-10(12)4-6-19)14-2-1-13(21-14)11-7-16-9-17-11/h1-2,7,9-10,12H,3-6,8H2,(H,16,17)(H,18,20)/t12-/m0/s1. The molecular weight excluding hydrogens is 284 g/mol. The van der Waals surface area contributed by atoms with Crippen LogP contribution in [0.1, 0.15) is 22.5 Å². The van der Waals surface area contributed by atoms with Crippen LogP contribution in [0.3, 0.4) is 0 Å². The van der Waals surface area contributed by atoms with Crippen LogP contribution in [0.5, 0.6) is 0 Å². The summed E-state index contributed by atoms with van der Waals surface area (Å²) in [5, 5.41) is 3.23. The maximum Gasteiger partial charge on any atom is 0.261 e. The molecule has 21 heavy (non-hydrogen) atoms. The molecule has 0 aromatic carbocycles. The van der Waals surface area contributed by atoms with Crippen LogP contribution in [0.15, 0.2) is 24.7 Å². The second kappa shape index (κ2) is 5.27. The first-order chi connectivity index (χ1) is 10.3. The normalized spacial score (nSPS) is 27.7. The van der Waals surface area contributed by atoms with Gasteiger partial charge >= 0.3 is 0 Å². The maximum atomic E-state index is 12.4. The van der Waals surface area contributed by atoms with Crippen LogP contribution in [0.4, 0.5) is 0 Å². The van der Waals surface area contributed by atoms with Crippen LogP contribution in [-0.4, -0.2) is 46.5 Å². The molecule has 5 nitrogen and oxygen atoms in total. The van der Waals surface area contributed by atoms with Gasteiger partial charge in [0.25, 0.3) is 5.91 Å². The minimum atomic E-state index is 0.0597. The summed E-state index contributed by atoms with van der Waals surface area (Å²) in [5.74, 6) is 0.718. The molecule has 6 heteroatoms. The lowest BCUT2D eigenvalue weighted by Gasteiger charge is -2.44. The summed E-state index contributed by atoms with van der Waals surface area (Å²) >= 11 is 1.51. The molecule has 5 heterocycles. The molecule has 0 saturated carbocycles. The molecule has 3 aliphatic heterocycles. The Morgan fingerprint density at radius 3 is 2.90 bits per heavy atom. The molecule has 2 aromatic heterocycles. The molecule has 2 bridgehead atoms. The first-order valence-electron chi connectivity index (χ1n) is 7.41. The van der Waals surface area contributed by atoms with E-state index in [9.17, 15) is 4.79 Å². The lowest BCUT2D eigenvalue weighted by atomic mass is 9.84. The number of aromatic amines is 1. The number of hydrogen-bond donors (Lipinski definition) is 2. The molecule has 0 spiro atoms. The average Bonchev–Trinajstić information content (AvgIpc) is 3.20. The van der Waals surface area contributed by atoms with Crippen molar-refractivity contribution in [3.8, 4) is 10.6 Å². The van der Waals surface area contributed by atoms with Gasteiger partial charge in [0, 0.05) is 12.6 Å². The van der Waals surface area contributed by atoms with Crippen LogP contribution < -0.4 is 5.32 Å². The Morgan fingerprint density at radius 1 is 1.38 bits per heavy atom. The largest absolute Gasteiger partial charge is 0.347 e. The SMILES string of the molecule is O=C(N[C@H]1CN2CCC1CC2)c1ccc(-c2cnc[nH]2)s1. The number of fused-ring (bicyclic) bond motifs is 3. The topological polar surface area (TPSA) is 61.0 Å². The van der Waals surface area contributed by atoms with Gasteiger partial charge in [0.05, 0.1) is 28.0 Å². The van der Waals surface area contributed by atoms with E-state index in [1.807, 2.05) is 12.1 Å². The number of nitrogens with one attached hydrogen (secondary N) is 2. The van der Waals surface area contributed by atoms with Crippen molar-refractivity contribution in [2.45, 2.75) is 18.9 Å². The molecule has 5 rings (SSSR count). The number of piperidine rings is 3. The molecule has 2 aromatic rings. The number of carbonyl (C=O) groups excluding carboxylic acids is 1. The van der Waals surface area contributed by atoms with Gasteiger partial charge in [0.2, 0.25) is 0 Å². The van der Waals surface area contributed by atoms with E-state index in [0.29, 0.717) is 12.0 Å². The fourth-order valence-electron chi connectivity index (χ4n) is 3.36. The molecule has 3 saturated heterocycles. The van der Waals surface area contributed by atoms with Gasteiger partial charge in [-0.05, 0) is 44.0 Å². The lowest BCUT2D eigenvalue weighted by molar-refractivity contribution is 0.0622. The Hall–Kier alpha value is -1.66. The smallest absolute Gasteiger partial charge is 0.261 e. The second-order valence-corrected chi connectivity index (χ2v) is 6.93. The Morgan fingerprint density at radius 2 is 2.24 bits per heavy atom. The Bertz CT molecular complexity index is 628. The first kappa shape index (κ1) is 13.0. The van der Waals surface area contributed by atoms with Gasteiger partial charge in [-0.15, -0.1) is 11.3 Å². The first-order valence-corrected chi connectivity index (χ1v) is 8.23. The Kier molecular flexibility index (Phi) is 3.27. The molecular formula is C15H18N4OS. The third kappa shape index (κ3) is 2.49. The molecule has 1 atom stereocenters. The summed E-state index contributed by atoms with van der Waals surface area (Å²) in [6, 6.07) is 4.19. The Balaban J connectivity index is 1.46. The van der Waals surface area contributed by atoms with Crippen molar-refractivity contribution in [2.75, 3.05) is 19.6 Å². The third-order valence-corrected chi connectivity index (χ3v) is 5.68. The van der Waals surface area contributed by atoms with E-state index in [2.05, 4.69) is 20.2 Å². The number of carbonyl (C=O) groups is 1. The van der Waals surface area contributed by atoms with Gasteiger partial charge in [-0.25, -0.2) is 4.98 Å². The van der Waals surface area contributed by atoms with Crippen LogP contribution in [0.2, 0.25) is 0 Å². The Labute approximate surface area is 127 Å².